The van der Waals surface area contributed by atoms with Gasteiger partial charge in [-0.05, 0) is 59.2 Å². The van der Waals surface area contributed by atoms with E-state index in [2.05, 4.69) is 31.1 Å². The van der Waals surface area contributed by atoms with E-state index in [9.17, 15) is 0 Å². The van der Waals surface area contributed by atoms with Crippen molar-refractivity contribution in [1.82, 2.24) is 10.2 Å². The Morgan fingerprint density at radius 2 is 2.14 bits per heavy atom. The van der Waals surface area contributed by atoms with Crippen LogP contribution in [-0.2, 0) is 0 Å². The monoisotopic (exact) mass is 198 g/mol. The standard InChI is InChI=1S/C12H26N2/c1-4-10-14(3)11(2)6-5-9-13-12-7-8-12/h11-13H,4-10H2,1-3H3. The molecule has 0 saturated heterocycles. The van der Waals surface area contributed by atoms with Crippen molar-refractivity contribution in [2.45, 2.75) is 58.0 Å². The Morgan fingerprint density at radius 1 is 1.43 bits per heavy atom. The van der Waals surface area contributed by atoms with Gasteiger partial charge in [-0.3, -0.25) is 0 Å². The summed E-state index contributed by atoms with van der Waals surface area (Å²) < 4.78 is 0. The fourth-order valence-electron chi connectivity index (χ4n) is 1.78. The van der Waals surface area contributed by atoms with E-state index in [-0.39, 0.29) is 0 Å². The Bertz CT molecular complexity index is 143. The summed E-state index contributed by atoms with van der Waals surface area (Å²) in [6.07, 6.45) is 6.74. The molecule has 0 spiro atoms. The summed E-state index contributed by atoms with van der Waals surface area (Å²) in [5.74, 6) is 0. The number of nitrogens with zero attached hydrogens (tertiary/aromatic N) is 1. The fourth-order valence-corrected chi connectivity index (χ4v) is 1.78. The van der Waals surface area contributed by atoms with Gasteiger partial charge < -0.3 is 10.2 Å². The van der Waals surface area contributed by atoms with Gasteiger partial charge >= 0.3 is 0 Å². The maximum absolute atomic E-state index is 3.56. The minimum absolute atomic E-state index is 0.746. The molecule has 1 rings (SSSR count). The summed E-state index contributed by atoms with van der Waals surface area (Å²) in [5, 5.41) is 3.56. The molecule has 0 heterocycles. The van der Waals surface area contributed by atoms with Gasteiger partial charge in [0.05, 0.1) is 0 Å². The molecule has 0 aliphatic heterocycles. The lowest BCUT2D eigenvalue weighted by Crippen LogP contribution is -2.30. The zero-order valence-electron chi connectivity index (χ0n) is 10.1. The van der Waals surface area contributed by atoms with E-state index in [4.69, 9.17) is 0 Å². The minimum Gasteiger partial charge on any atom is -0.314 e. The van der Waals surface area contributed by atoms with Crippen molar-refractivity contribution in [2.24, 2.45) is 0 Å². The second-order valence-corrected chi connectivity index (χ2v) is 4.70. The molecule has 1 saturated carbocycles. The van der Waals surface area contributed by atoms with E-state index in [1.54, 1.807) is 0 Å². The molecule has 1 atom stereocenters. The molecule has 0 aromatic heterocycles. The molecule has 2 nitrogen and oxygen atoms in total. The zero-order chi connectivity index (χ0) is 10.4. The Hall–Kier alpha value is -0.0800. The molecule has 14 heavy (non-hydrogen) atoms. The lowest BCUT2D eigenvalue weighted by atomic mass is 10.1. The van der Waals surface area contributed by atoms with E-state index < -0.39 is 0 Å². The van der Waals surface area contributed by atoms with Crippen molar-refractivity contribution in [3.8, 4) is 0 Å². The highest BCUT2D eigenvalue weighted by molar-refractivity contribution is 4.80. The van der Waals surface area contributed by atoms with Gasteiger partial charge in [0.1, 0.15) is 0 Å². The van der Waals surface area contributed by atoms with Crippen LogP contribution in [-0.4, -0.2) is 37.1 Å². The predicted molar refractivity (Wildman–Crippen MR) is 62.6 cm³/mol. The smallest absolute Gasteiger partial charge is 0.00682 e. The lowest BCUT2D eigenvalue weighted by molar-refractivity contribution is 0.243. The van der Waals surface area contributed by atoms with Gasteiger partial charge in [0.15, 0.2) is 0 Å². The largest absolute Gasteiger partial charge is 0.314 e. The zero-order valence-corrected chi connectivity index (χ0v) is 10.1. The van der Waals surface area contributed by atoms with Crippen LogP contribution in [0.3, 0.4) is 0 Å². The van der Waals surface area contributed by atoms with Crippen LogP contribution < -0.4 is 5.32 Å². The fraction of sp³-hybridized carbons (Fsp3) is 1.00. The SMILES string of the molecule is CCCN(C)C(C)CCCNC1CC1. The number of nitrogens with one attached hydrogen (secondary N) is 1. The third-order valence-corrected chi connectivity index (χ3v) is 3.14. The van der Waals surface area contributed by atoms with Gasteiger partial charge in [0, 0.05) is 12.1 Å². The molecule has 0 bridgehead atoms. The third kappa shape index (κ3) is 4.97. The highest BCUT2D eigenvalue weighted by Gasteiger charge is 2.19. The molecular weight excluding hydrogens is 172 g/mol. The van der Waals surface area contributed by atoms with Crippen LogP contribution >= 0.6 is 0 Å². The first-order valence-electron chi connectivity index (χ1n) is 6.17. The van der Waals surface area contributed by atoms with Crippen molar-refractivity contribution in [1.29, 1.82) is 0 Å². The van der Waals surface area contributed by atoms with Gasteiger partial charge in [0.2, 0.25) is 0 Å². The first-order chi connectivity index (χ1) is 6.74. The molecule has 1 aliphatic carbocycles. The van der Waals surface area contributed by atoms with E-state index in [0.717, 1.165) is 12.1 Å². The summed E-state index contributed by atoms with van der Waals surface area (Å²) in [5.41, 5.74) is 0. The van der Waals surface area contributed by atoms with Gasteiger partial charge in [0.25, 0.3) is 0 Å². The Labute approximate surface area is 89.1 Å². The molecule has 0 aromatic carbocycles. The van der Waals surface area contributed by atoms with Crippen molar-refractivity contribution < 1.29 is 0 Å². The van der Waals surface area contributed by atoms with Gasteiger partial charge in [-0.1, -0.05) is 6.92 Å². The van der Waals surface area contributed by atoms with Crippen LogP contribution in [0.25, 0.3) is 0 Å². The predicted octanol–water partition coefficient (Wildman–Crippen LogP) is 2.25. The van der Waals surface area contributed by atoms with E-state index in [0.29, 0.717) is 0 Å². The van der Waals surface area contributed by atoms with Crippen molar-refractivity contribution in [3.63, 3.8) is 0 Å². The van der Waals surface area contributed by atoms with Gasteiger partial charge in [-0.15, -0.1) is 0 Å². The molecule has 0 amide bonds. The molecule has 1 fully saturated rings. The molecule has 1 aliphatic rings. The Morgan fingerprint density at radius 3 is 2.71 bits per heavy atom. The van der Waals surface area contributed by atoms with Crippen LogP contribution in [0.1, 0.15) is 46.0 Å². The Kier molecular flexibility index (Phi) is 5.49. The van der Waals surface area contributed by atoms with Crippen LogP contribution in [0.2, 0.25) is 0 Å². The lowest BCUT2D eigenvalue weighted by Gasteiger charge is -2.24. The summed E-state index contributed by atoms with van der Waals surface area (Å²) in [4.78, 5) is 2.47. The molecule has 1 unspecified atom stereocenters. The van der Waals surface area contributed by atoms with Gasteiger partial charge in [-0.25, -0.2) is 0 Å². The second kappa shape index (κ2) is 6.41. The van der Waals surface area contributed by atoms with Crippen LogP contribution in [0.4, 0.5) is 0 Å². The number of hydrogen-bond donors (Lipinski definition) is 1. The number of rotatable bonds is 8. The highest BCUT2D eigenvalue weighted by atomic mass is 15.1. The maximum Gasteiger partial charge on any atom is 0.00682 e. The first-order valence-corrected chi connectivity index (χ1v) is 6.17. The van der Waals surface area contributed by atoms with Crippen LogP contribution in [0.15, 0.2) is 0 Å². The quantitative estimate of drug-likeness (QED) is 0.602. The molecule has 0 radical (unpaired) electrons. The minimum atomic E-state index is 0.746. The van der Waals surface area contributed by atoms with Crippen molar-refractivity contribution in [3.05, 3.63) is 0 Å². The number of hydrogen-bond acceptors (Lipinski definition) is 2. The second-order valence-electron chi connectivity index (χ2n) is 4.70. The third-order valence-electron chi connectivity index (χ3n) is 3.14. The molecule has 2 heteroatoms. The normalized spacial score (nSPS) is 18.9. The van der Waals surface area contributed by atoms with Crippen LogP contribution in [0.5, 0.6) is 0 Å². The van der Waals surface area contributed by atoms with Crippen molar-refractivity contribution in [2.75, 3.05) is 20.1 Å². The average Bonchev–Trinajstić information content (AvgIpc) is 2.96. The van der Waals surface area contributed by atoms with E-state index in [1.807, 2.05) is 0 Å². The average molecular weight is 198 g/mol. The first kappa shape index (κ1) is 12.0. The van der Waals surface area contributed by atoms with E-state index in [1.165, 1.54) is 45.2 Å². The molecule has 84 valence electrons. The van der Waals surface area contributed by atoms with Crippen LogP contribution in [0, 0.1) is 0 Å². The topological polar surface area (TPSA) is 15.3 Å². The summed E-state index contributed by atoms with van der Waals surface area (Å²) in [7, 11) is 2.24. The molecule has 1 N–H and O–H groups in total. The van der Waals surface area contributed by atoms with E-state index >= 15 is 0 Å². The van der Waals surface area contributed by atoms with Crippen molar-refractivity contribution >= 4 is 0 Å². The summed E-state index contributed by atoms with van der Waals surface area (Å²) in [6.45, 7) is 7.04. The summed E-state index contributed by atoms with van der Waals surface area (Å²) in [6, 6.07) is 1.62. The highest BCUT2D eigenvalue weighted by Crippen LogP contribution is 2.18. The molecule has 0 aromatic rings. The maximum atomic E-state index is 3.56. The Balaban J connectivity index is 1.92. The summed E-state index contributed by atoms with van der Waals surface area (Å²) >= 11 is 0. The van der Waals surface area contributed by atoms with Gasteiger partial charge in [-0.2, -0.15) is 0 Å². The molecular formula is C12H26N2.